The smallest absolute Gasteiger partial charge is 0.303 e. The van der Waals surface area contributed by atoms with E-state index in [0.29, 0.717) is 18.5 Å². The minimum atomic E-state index is -0.861. The van der Waals surface area contributed by atoms with Crippen LogP contribution < -0.4 is 5.32 Å². The molecule has 2 N–H and O–H groups in total. The Balaban J connectivity index is 1.91. The van der Waals surface area contributed by atoms with Crippen LogP contribution in [-0.4, -0.2) is 28.0 Å². The first-order chi connectivity index (χ1) is 10.9. The topological polar surface area (TPSA) is 79.3 Å². The van der Waals surface area contributed by atoms with Gasteiger partial charge in [-0.05, 0) is 25.8 Å². The van der Waals surface area contributed by atoms with Crippen molar-refractivity contribution >= 4 is 23.2 Å². The Morgan fingerprint density at radius 3 is 2.65 bits per heavy atom. The molecule has 0 spiro atoms. The van der Waals surface area contributed by atoms with E-state index in [1.807, 2.05) is 6.92 Å². The lowest BCUT2D eigenvalue weighted by molar-refractivity contribution is -0.137. The summed E-state index contributed by atoms with van der Waals surface area (Å²) < 4.78 is 0. The molecule has 1 atom stereocenters. The molecule has 122 valence electrons. The maximum atomic E-state index is 12.1. The number of nitrogens with one attached hydrogen (secondary N) is 1. The molecule has 1 heterocycles. The Labute approximate surface area is 139 Å². The molecule has 0 aliphatic rings. The van der Waals surface area contributed by atoms with Gasteiger partial charge in [-0.1, -0.05) is 29.8 Å². The van der Waals surface area contributed by atoms with Gasteiger partial charge in [-0.25, -0.2) is 4.98 Å². The lowest BCUT2D eigenvalue weighted by atomic mass is 10.1. The predicted molar refractivity (Wildman–Crippen MR) is 89.9 cm³/mol. The van der Waals surface area contributed by atoms with Crippen molar-refractivity contribution in [1.29, 1.82) is 0 Å². The molecule has 0 saturated heterocycles. The molecule has 0 aliphatic carbocycles. The Morgan fingerprint density at radius 2 is 2.00 bits per heavy atom. The van der Waals surface area contributed by atoms with E-state index < -0.39 is 5.97 Å². The maximum absolute atomic E-state index is 12.1. The Hall–Kier alpha value is -2.21. The molecule has 0 fully saturated rings. The van der Waals surface area contributed by atoms with Gasteiger partial charge in [-0.3, -0.25) is 9.59 Å². The van der Waals surface area contributed by atoms with Crippen LogP contribution in [0.3, 0.4) is 0 Å². The minimum Gasteiger partial charge on any atom is -0.481 e. The third-order valence-electron chi connectivity index (χ3n) is 3.43. The summed E-state index contributed by atoms with van der Waals surface area (Å²) in [6, 6.07) is 8.04. The molecule has 0 saturated carbocycles. The Bertz CT molecular complexity index is 679. The largest absolute Gasteiger partial charge is 0.481 e. The molecule has 0 aliphatic heterocycles. The average Bonchev–Trinajstić information content (AvgIpc) is 2.96. The second-order valence-electron chi connectivity index (χ2n) is 5.60. The van der Waals surface area contributed by atoms with Gasteiger partial charge >= 0.3 is 5.97 Å². The van der Waals surface area contributed by atoms with Crippen LogP contribution in [0.15, 0.2) is 29.6 Å². The number of hydrogen-bond acceptors (Lipinski definition) is 4. The van der Waals surface area contributed by atoms with Gasteiger partial charge in [0.05, 0.1) is 5.01 Å². The summed E-state index contributed by atoms with van der Waals surface area (Å²) in [5.74, 6) is -1.12. The predicted octanol–water partition coefficient (Wildman–Crippen LogP) is 3.03. The van der Waals surface area contributed by atoms with Gasteiger partial charge in [-0.15, -0.1) is 11.3 Å². The number of rotatable bonds is 7. The highest BCUT2D eigenvalue weighted by atomic mass is 32.1. The summed E-state index contributed by atoms with van der Waals surface area (Å²) >= 11 is 1.46. The first kappa shape index (κ1) is 17.1. The van der Waals surface area contributed by atoms with Crippen molar-refractivity contribution in [2.24, 2.45) is 0 Å². The number of aryl methyl sites for hydroxylation is 1. The summed E-state index contributed by atoms with van der Waals surface area (Å²) in [4.78, 5) is 27.0. The van der Waals surface area contributed by atoms with Gasteiger partial charge in [0.25, 0.3) is 5.91 Å². The van der Waals surface area contributed by atoms with Crippen molar-refractivity contribution < 1.29 is 14.7 Å². The zero-order valence-electron chi connectivity index (χ0n) is 13.2. The quantitative estimate of drug-likeness (QED) is 0.817. The second-order valence-corrected chi connectivity index (χ2v) is 6.54. The van der Waals surface area contributed by atoms with E-state index in [2.05, 4.69) is 34.6 Å². The Kier molecular flexibility index (Phi) is 5.87. The van der Waals surface area contributed by atoms with E-state index in [4.69, 9.17) is 5.11 Å². The van der Waals surface area contributed by atoms with Crippen LogP contribution >= 0.6 is 11.3 Å². The summed E-state index contributed by atoms with van der Waals surface area (Å²) in [6.07, 6.45) is 1.14. The zero-order valence-corrected chi connectivity index (χ0v) is 14.0. The third kappa shape index (κ3) is 5.49. The molecule has 23 heavy (non-hydrogen) atoms. The normalized spacial score (nSPS) is 11.9. The first-order valence-electron chi connectivity index (χ1n) is 7.46. The number of aromatic nitrogens is 1. The molecular weight excluding hydrogens is 312 g/mol. The van der Waals surface area contributed by atoms with Crippen molar-refractivity contribution in [3.05, 3.63) is 51.5 Å². The van der Waals surface area contributed by atoms with Crippen LogP contribution in [0.25, 0.3) is 0 Å². The van der Waals surface area contributed by atoms with Crippen molar-refractivity contribution in [3.8, 4) is 0 Å². The fraction of sp³-hybridized carbons (Fsp3) is 0.353. The van der Waals surface area contributed by atoms with E-state index in [9.17, 15) is 9.59 Å². The molecule has 2 rings (SSSR count). The molecule has 1 aromatic carbocycles. The molecule has 1 unspecified atom stereocenters. The fourth-order valence-corrected chi connectivity index (χ4v) is 2.90. The van der Waals surface area contributed by atoms with E-state index in [0.717, 1.165) is 10.6 Å². The van der Waals surface area contributed by atoms with Crippen LogP contribution in [0, 0.1) is 6.92 Å². The van der Waals surface area contributed by atoms with Crippen LogP contribution in [-0.2, 0) is 11.2 Å². The maximum Gasteiger partial charge on any atom is 0.303 e. The number of aliphatic carboxylic acids is 1. The number of carbonyl (C=O) groups excluding carboxylic acids is 1. The lowest BCUT2D eigenvalue weighted by Gasteiger charge is -2.11. The summed E-state index contributed by atoms with van der Waals surface area (Å²) in [7, 11) is 0. The number of nitrogens with zero attached hydrogens (tertiary/aromatic N) is 1. The number of carboxylic acids is 1. The highest BCUT2D eigenvalue weighted by Gasteiger charge is 2.14. The molecular formula is C17H20N2O3S. The molecule has 0 radical (unpaired) electrons. The second kappa shape index (κ2) is 7.87. The van der Waals surface area contributed by atoms with Crippen molar-refractivity contribution in [1.82, 2.24) is 10.3 Å². The standard InChI is InChI=1S/C17H20N2O3S/c1-11-3-6-13(7-4-11)9-15-19-14(10-23-15)17(22)18-12(2)5-8-16(20)21/h3-4,6-7,10,12H,5,8-9H2,1-2H3,(H,18,22)(H,20,21). The number of carbonyl (C=O) groups is 2. The monoisotopic (exact) mass is 332 g/mol. The van der Waals surface area contributed by atoms with E-state index in [1.54, 1.807) is 12.3 Å². The van der Waals surface area contributed by atoms with E-state index in [1.165, 1.54) is 16.9 Å². The SMILES string of the molecule is Cc1ccc(Cc2nc(C(=O)NC(C)CCC(=O)O)cs2)cc1. The molecule has 1 aromatic heterocycles. The van der Waals surface area contributed by atoms with E-state index in [-0.39, 0.29) is 18.4 Å². The third-order valence-corrected chi connectivity index (χ3v) is 4.28. The van der Waals surface area contributed by atoms with Crippen LogP contribution in [0.2, 0.25) is 0 Å². The lowest BCUT2D eigenvalue weighted by Crippen LogP contribution is -2.33. The highest BCUT2D eigenvalue weighted by Crippen LogP contribution is 2.15. The number of hydrogen-bond donors (Lipinski definition) is 2. The summed E-state index contributed by atoms with van der Waals surface area (Å²) in [6.45, 7) is 3.83. The van der Waals surface area contributed by atoms with Crippen molar-refractivity contribution in [3.63, 3.8) is 0 Å². The summed E-state index contributed by atoms with van der Waals surface area (Å²) in [5, 5.41) is 14.1. The van der Waals surface area contributed by atoms with Crippen molar-refractivity contribution in [2.45, 2.75) is 39.2 Å². The summed E-state index contributed by atoms with van der Waals surface area (Å²) in [5.41, 5.74) is 2.76. The number of carboxylic acid groups (broad SMARTS) is 1. The number of amides is 1. The Morgan fingerprint density at radius 1 is 1.30 bits per heavy atom. The molecule has 6 heteroatoms. The van der Waals surface area contributed by atoms with Gasteiger partial charge in [0.1, 0.15) is 5.69 Å². The number of benzene rings is 1. The van der Waals surface area contributed by atoms with Gasteiger partial charge in [-0.2, -0.15) is 0 Å². The fourth-order valence-electron chi connectivity index (χ4n) is 2.09. The van der Waals surface area contributed by atoms with Crippen LogP contribution in [0.5, 0.6) is 0 Å². The molecule has 5 nitrogen and oxygen atoms in total. The number of thiazole rings is 1. The van der Waals surface area contributed by atoms with Gasteiger partial charge in [0.2, 0.25) is 0 Å². The minimum absolute atomic E-state index is 0.0389. The van der Waals surface area contributed by atoms with Gasteiger partial charge < -0.3 is 10.4 Å². The van der Waals surface area contributed by atoms with Gasteiger partial charge in [0, 0.05) is 24.3 Å². The van der Waals surface area contributed by atoms with Crippen LogP contribution in [0.4, 0.5) is 0 Å². The van der Waals surface area contributed by atoms with Crippen molar-refractivity contribution in [2.75, 3.05) is 0 Å². The highest BCUT2D eigenvalue weighted by molar-refractivity contribution is 7.09. The zero-order chi connectivity index (χ0) is 16.8. The molecule has 0 bridgehead atoms. The van der Waals surface area contributed by atoms with E-state index >= 15 is 0 Å². The van der Waals surface area contributed by atoms with Gasteiger partial charge in [0.15, 0.2) is 0 Å². The first-order valence-corrected chi connectivity index (χ1v) is 8.34. The average molecular weight is 332 g/mol. The molecule has 1 amide bonds. The molecule has 2 aromatic rings. The van der Waals surface area contributed by atoms with Crippen LogP contribution in [0.1, 0.15) is 46.4 Å².